The second-order valence-corrected chi connectivity index (χ2v) is 4.22. The Kier molecular flexibility index (Phi) is 6.86. The molecule has 1 unspecified atom stereocenters. The minimum absolute atomic E-state index is 0. The highest BCUT2D eigenvalue weighted by Crippen LogP contribution is 2.16. The minimum atomic E-state index is 0. The SMILES string of the molecule is C=CCC(NCc1ccccc1)c1ccncc1.Cl. The van der Waals surface area contributed by atoms with Crippen LogP contribution in [0.3, 0.4) is 0 Å². The van der Waals surface area contributed by atoms with Crippen LogP contribution in [0.15, 0.2) is 67.5 Å². The van der Waals surface area contributed by atoms with Crippen molar-refractivity contribution < 1.29 is 0 Å². The van der Waals surface area contributed by atoms with E-state index in [-0.39, 0.29) is 12.4 Å². The largest absolute Gasteiger partial charge is 0.306 e. The maximum Gasteiger partial charge on any atom is 0.0358 e. The van der Waals surface area contributed by atoms with E-state index in [0.717, 1.165) is 13.0 Å². The zero-order chi connectivity index (χ0) is 12.6. The Hall–Kier alpha value is -1.64. The van der Waals surface area contributed by atoms with Crippen molar-refractivity contribution in [3.05, 3.63) is 78.6 Å². The van der Waals surface area contributed by atoms with Gasteiger partial charge in [-0.25, -0.2) is 0 Å². The summed E-state index contributed by atoms with van der Waals surface area (Å²) in [7, 11) is 0. The summed E-state index contributed by atoms with van der Waals surface area (Å²) in [6.07, 6.45) is 6.52. The van der Waals surface area contributed by atoms with Crippen LogP contribution in [0.4, 0.5) is 0 Å². The van der Waals surface area contributed by atoms with Crippen molar-refractivity contribution in [3.63, 3.8) is 0 Å². The standard InChI is InChI=1S/C16H18N2.ClH/c1-2-6-16(15-9-11-17-12-10-15)18-13-14-7-4-3-5-8-14;/h2-5,7-12,16,18H,1,6,13H2;1H. The summed E-state index contributed by atoms with van der Waals surface area (Å²) in [5, 5.41) is 3.55. The zero-order valence-electron chi connectivity index (χ0n) is 10.8. The fraction of sp³-hybridized carbons (Fsp3) is 0.188. The number of nitrogens with one attached hydrogen (secondary N) is 1. The van der Waals surface area contributed by atoms with Gasteiger partial charge in [-0.15, -0.1) is 19.0 Å². The quantitative estimate of drug-likeness (QED) is 0.808. The molecule has 0 aliphatic heterocycles. The van der Waals surface area contributed by atoms with Crippen LogP contribution in [0.5, 0.6) is 0 Å². The molecule has 0 saturated carbocycles. The highest BCUT2D eigenvalue weighted by atomic mass is 35.5. The van der Waals surface area contributed by atoms with Crippen molar-refractivity contribution in [2.24, 2.45) is 0 Å². The average molecular weight is 275 g/mol. The lowest BCUT2D eigenvalue weighted by molar-refractivity contribution is 0.538. The summed E-state index contributed by atoms with van der Waals surface area (Å²) in [5.41, 5.74) is 2.54. The lowest BCUT2D eigenvalue weighted by atomic mass is 10.0. The van der Waals surface area contributed by atoms with Crippen LogP contribution in [0.1, 0.15) is 23.6 Å². The molecule has 2 nitrogen and oxygen atoms in total. The molecular formula is C16H19ClN2. The molecule has 2 rings (SSSR count). The van der Waals surface area contributed by atoms with E-state index in [2.05, 4.69) is 41.1 Å². The lowest BCUT2D eigenvalue weighted by Gasteiger charge is -2.17. The van der Waals surface area contributed by atoms with Crippen molar-refractivity contribution in [2.75, 3.05) is 0 Å². The van der Waals surface area contributed by atoms with Gasteiger partial charge in [-0.2, -0.15) is 0 Å². The predicted octanol–water partition coefficient (Wildman–Crippen LogP) is 3.91. The third-order valence-electron chi connectivity index (χ3n) is 2.91. The molecule has 1 atom stereocenters. The van der Waals surface area contributed by atoms with Gasteiger partial charge < -0.3 is 5.32 Å². The van der Waals surface area contributed by atoms with Gasteiger partial charge in [0.25, 0.3) is 0 Å². The molecule has 0 saturated heterocycles. The van der Waals surface area contributed by atoms with Crippen molar-refractivity contribution in [1.29, 1.82) is 0 Å². The lowest BCUT2D eigenvalue weighted by Crippen LogP contribution is -2.20. The number of nitrogens with zero attached hydrogens (tertiary/aromatic N) is 1. The summed E-state index contributed by atoms with van der Waals surface area (Å²) in [5.74, 6) is 0. The van der Waals surface area contributed by atoms with Crippen LogP contribution in [0.2, 0.25) is 0 Å². The third kappa shape index (κ3) is 4.86. The molecule has 0 radical (unpaired) electrons. The fourth-order valence-electron chi connectivity index (χ4n) is 1.94. The molecule has 0 bridgehead atoms. The van der Waals surface area contributed by atoms with Gasteiger partial charge in [-0.3, -0.25) is 4.98 Å². The average Bonchev–Trinajstić information content (AvgIpc) is 2.45. The summed E-state index contributed by atoms with van der Waals surface area (Å²) in [4.78, 5) is 4.05. The molecule has 1 aromatic heterocycles. The second kappa shape index (κ2) is 8.46. The Morgan fingerprint density at radius 3 is 2.42 bits per heavy atom. The number of pyridine rings is 1. The van der Waals surface area contributed by atoms with E-state index < -0.39 is 0 Å². The van der Waals surface area contributed by atoms with Crippen LogP contribution in [-0.4, -0.2) is 4.98 Å². The molecule has 1 aromatic carbocycles. The minimum Gasteiger partial charge on any atom is -0.306 e. The molecule has 0 aliphatic carbocycles. The van der Waals surface area contributed by atoms with Gasteiger partial charge in [0.1, 0.15) is 0 Å². The number of hydrogen-bond acceptors (Lipinski definition) is 2. The van der Waals surface area contributed by atoms with Crippen LogP contribution < -0.4 is 5.32 Å². The van der Waals surface area contributed by atoms with Gasteiger partial charge in [0.15, 0.2) is 0 Å². The van der Waals surface area contributed by atoms with Crippen molar-refractivity contribution in [1.82, 2.24) is 10.3 Å². The summed E-state index contributed by atoms with van der Waals surface area (Å²) < 4.78 is 0. The van der Waals surface area contributed by atoms with E-state index in [4.69, 9.17) is 0 Å². The van der Waals surface area contributed by atoms with E-state index in [1.54, 1.807) is 0 Å². The van der Waals surface area contributed by atoms with E-state index >= 15 is 0 Å². The van der Waals surface area contributed by atoms with Crippen molar-refractivity contribution >= 4 is 12.4 Å². The smallest absolute Gasteiger partial charge is 0.0358 e. The zero-order valence-corrected chi connectivity index (χ0v) is 11.6. The number of aromatic nitrogens is 1. The van der Waals surface area contributed by atoms with Gasteiger partial charge in [0, 0.05) is 25.0 Å². The van der Waals surface area contributed by atoms with Gasteiger partial charge >= 0.3 is 0 Å². The molecule has 2 aromatic rings. The van der Waals surface area contributed by atoms with Crippen molar-refractivity contribution in [2.45, 2.75) is 19.0 Å². The Labute approximate surface area is 121 Å². The van der Waals surface area contributed by atoms with Crippen LogP contribution in [0.25, 0.3) is 0 Å². The molecule has 100 valence electrons. The molecular weight excluding hydrogens is 256 g/mol. The van der Waals surface area contributed by atoms with Gasteiger partial charge in [-0.1, -0.05) is 36.4 Å². The van der Waals surface area contributed by atoms with E-state index in [9.17, 15) is 0 Å². The van der Waals surface area contributed by atoms with Gasteiger partial charge in [0.05, 0.1) is 0 Å². The van der Waals surface area contributed by atoms with Crippen molar-refractivity contribution in [3.8, 4) is 0 Å². The molecule has 3 heteroatoms. The maximum absolute atomic E-state index is 4.05. The second-order valence-electron chi connectivity index (χ2n) is 4.22. The van der Waals surface area contributed by atoms with E-state index in [1.165, 1.54) is 11.1 Å². The van der Waals surface area contributed by atoms with E-state index in [0.29, 0.717) is 6.04 Å². The number of benzene rings is 1. The first-order chi connectivity index (χ1) is 8.90. The molecule has 0 aliphatic rings. The maximum atomic E-state index is 4.05. The Morgan fingerprint density at radius 1 is 1.11 bits per heavy atom. The topological polar surface area (TPSA) is 24.9 Å². The van der Waals surface area contributed by atoms with Gasteiger partial charge in [0.2, 0.25) is 0 Å². The molecule has 1 N–H and O–H groups in total. The normalized spacial score (nSPS) is 11.4. The third-order valence-corrected chi connectivity index (χ3v) is 2.91. The number of hydrogen-bond donors (Lipinski definition) is 1. The summed E-state index contributed by atoms with van der Waals surface area (Å²) in [6.45, 7) is 4.69. The number of rotatable bonds is 6. The highest BCUT2D eigenvalue weighted by molar-refractivity contribution is 5.85. The fourth-order valence-corrected chi connectivity index (χ4v) is 1.94. The van der Waals surface area contributed by atoms with Crippen LogP contribution in [0, 0.1) is 0 Å². The Morgan fingerprint density at radius 2 is 1.79 bits per heavy atom. The molecule has 1 heterocycles. The molecule has 0 spiro atoms. The van der Waals surface area contributed by atoms with E-state index in [1.807, 2.05) is 36.7 Å². The number of halogens is 1. The first-order valence-corrected chi connectivity index (χ1v) is 6.18. The molecule has 0 fully saturated rings. The van der Waals surface area contributed by atoms with Crippen LogP contribution >= 0.6 is 12.4 Å². The summed E-state index contributed by atoms with van der Waals surface area (Å²) >= 11 is 0. The molecule has 19 heavy (non-hydrogen) atoms. The Balaban J connectivity index is 0.00000180. The first kappa shape index (κ1) is 15.4. The van der Waals surface area contributed by atoms with Gasteiger partial charge in [-0.05, 0) is 29.7 Å². The molecule has 0 amide bonds. The predicted molar refractivity (Wildman–Crippen MR) is 82.3 cm³/mol. The van der Waals surface area contributed by atoms with Crippen LogP contribution in [-0.2, 0) is 6.54 Å². The summed E-state index contributed by atoms with van der Waals surface area (Å²) in [6, 6.07) is 14.8. The monoisotopic (exact) mass is 274 g/mol. The Bertz CT molecular complexity index is 471. The highest BCUT2D eigenvalue weighted by Gasteiger charge is 2.08. The first-order valence-electron chi connectivity index (χ1n) is 6.18.